The molecule has 1 aliphatic heterocycles. The highest BCUT2D eigenvalue weighted by molar-refractivity contribution is 5.92. The van der Waals surface area contributed by atoms with Crippen LogP contribution in [0.5, 0.6) is 0 Å². The van der Waals surface area contributed by atoms with Crippen molar-refractivity contribution in [2.24, 2.45) is 11.8 Å². The highest BCUT2D eigenvalue weighted by Crippen LogP contribution is 2.27. The number of nitrogens with one attached hydrogen (secondary N) is 1. The molecule has 2 heterocycles. The van der Waals surface area contributed by atoms with Gasteiger partial charge >= 0.3 is 0 Å². The van der Waals surface area contributed by atoms with Crippen molar-refractivity contribution in [1.82, 2.24) is 9.88 Å². The molecule has 2 rings (SSSR count). The molecule has 0 aliphatic carbocycles. The number of carbonyl (C=O) groups excluding carboxylic acids is 1. The van der Waals surface area contributed by atoms with Crippen LogP contribution in [-0.2, 0) is 0 Å². The Bertz CT molecular complexity index is 443. The van der Waals surface area contributed by atoms with E-state index in [4.69, 9.17) is 0 Å². The normalized spacial score (nSPS) is 27.2. The zero-order valence-corrected chi connectivity index (χ0v) is 12.2. The summed E-state index contributed by atoms with van der Waals surface area (Å²) < 4.78 is 0. The SMILES string of the molecule is CNc1ccc(C(=O)N2CC(C)CC(C)C2C)nc1. The Balaban J connectivity index is 2.17. The number of hydrogen-bond donors (Lipinski definition) is 1. The van der Waals surface area contributed by atoms with Crippen molar-refractivity contribution in [3.8, 4) is 0 Å². The Hall–Kier alpha value is -1.58. The number of piperidine rings is 1. The van der Waals surface area contributed by atoms with Gasteiger partial charge in [-0.2, -0.15) is 0 Å². The zero-order valence-electron chi connectivity index (χ0n) is 12.2. The minimum atomic E-state index is 0.0496. The van der Waals surface area contributed by atoms with Crippen LogP contribution >= 0.6 is 0 Å². The third-order valence-electron chi connectivity index (χ3n) is 4.13. The topological polar surface area (TPSA) is 45.2 Å². The Kier molecular flexibility index (Phi) is 4.08. The molecule has 104 valence electrons. The molecule has 0 bridgehead atoms. The predicted octanol–water partition coefficient (Wildman–Crippen LogP) is 2.63. The van der Waals surface area contributed by atoms with Crippen molar-refractivity contribution in [2.75, 3.05) is 18.9 Å². The fourth-order valence-corrected chi connectivity index (χ4v) is 2.80. The van der Waals surface area contributed by atoms with Crippen molar-refractivity contribution in [2.45, 2.75) is 33.2 Å². The van der Waals surface area contributed by atoms with Crippen LogP contribution in [-0.4, -0.2) is 35.4 Å². The minimum absolute atomic E-state index is 0.0496. The number of hydrogen-bond acceptors (Lipinski definition) is 3. The average Bonchev–Trinajstić information content (AvgIpc) is 2.42. The maximum atomic E-state index is 12.5. The lowest BCUT2D eigenvalue weighted by Crippen LogP contribution is -2.49. The van der Waals surface area contributed by atoms with Crippen molar-refractivity contribution in [3.05, 3.63) is 24.0 Å². The van der Waals surface area contributed by atoms with Crippen LogP contribution < -0.4 is 5.32 Å². The molecule has 1 amide bonds. The van der Waals surface area contributed by atoms with E-state index in [1.165, 1.54) is 6.42 Å². The van der Waals surface area contributed by atoms with Gasteiger partial charge in [0.25, 0.3) is 5.91 Å². The van der Waals surface area contributed by atoms with E-state index in [2.05, 4.69) is 31.1 Å². The molecule has 1 fully saturated rings. The number of likely N-dealkylation sites (tertiary alicyclic amines) is 1. The van der Waals surface area contributed by atoms with E-state index in [0.717, 1.165) is 12.2 Å². The first-order chi connectivity index (χ1) is 9.02. The maximum absolute atomic E-state index is 12.5. The van der Waals surface area contributed by atoms with Gasteiger partial charge in [0, 0.05) is 19.6 Å². The van der Waals surface area contributed by atoms with Gasteiger partial charge in [0.2, 0.25) is 0 Å². The third-order valence-corrected chi connectivity index (χ3v) is 4.13. The summed E-state index contributed by atoms with van der Waals surface area (Å²) in [6.07, 6.45) is 2.89. The number of anilines is 1. The molecular formula is C15H23N3O. The van der Waals surface area contributed by atoms with Crippen LogP contribution in [0.3, 0.4) is 0 Å². The van der Waals surface area contributed by atoms with Crippen molar-refractivity contribution in [1.29, 1.82) is 0 Å². The molecule has 1 aromatic heterocycles. The molecule has 1 aromatic rings. The number of aromatic nitrogens is 1. The number of amides is 1. The zero-order chi connectivity index (χ0) is 14.0. The van der Waals surface area contributed by atoms with Crippen molar-refractivity contribution < 1.29 is 4.79 Å². The molecule has 0 radical (unpaired) electrons. The number of nitrogens with zero attached hydrogens (tertiary/aromatic N) is 2. The smallest absolute Gasteiger partial charge is 0.272 e. The second-order valence-electron chi connectivity index (χ2n) is 5.70. The van der Waals surface area contributed by atoms with E-state index >= 15 is 0 Å². The molecule has 0 aromatic carbocycles. The van der Waals surface area contributed by atoms with Gasteiger partial charge in [0.15, 0.2) is 0 Å². The summed E-state index contributed by atoms with van der Waals surface area (Å²) in [5, 5.41) is 3.01. The Morgan fingerprint density at radius 2 is 2.11 bits per heavy atom. The van der Waals surface area contributed by atoms with Gasteiger partial charge in [-0.1, -0.05) is 13.8 Å². The summed E-state index contributed by atoms with van der Waals surface area (Å²) in [4.78, 5) is 18.8. The molecule has 4 nitrogen and oxygen atoms in total. The second kappa shape index (κ2) is 5.59. The van der Waals surface area contributed by atoms with E-state index in [0.29, 0.717) is 17.5 Å². The van der Waals surface area contributed by atoms with Crippen LogP contribution in [0.1, 0.15) is 37.7 Å². The molecule has 19 heavy (non-hydrogen) atoms. The van der Waals surface area contributed by atoms with E-state index in [-0.39, 0.29) is 11.9 Å². The Morgan fingerprint density at radius 1 is 1.37 bits per heavy atom. The quantitative estimate of drug-likeness (QED) is 0.890. The van der Waals surface area contributed by atoms with Crippen molar-refractivity contribution in [3.63, 3.8) is 0 Å². The largest absolute Gasteiger partial charge is 0.387 e. The van der Waals surface area contributed by atoms with Gasteiger partial charge in [-0.3, -0.25) is 4.79 Å². The van der Waals surface area contributed by atoms with Gasteiger partial charge in [0.05, 0.1) is 11.9 Å². The van der Waals surface area contributed by atoms with Crippen LogP contribution in [0, 0.1) is 11.8 Å². The molecule has 1 saturated heterocycles. The second-order valence-corrected chi connectivity index (χ2v) is 5.70. The highest BCUT2D eigenvalue weighted by atomic mass is 16.2. The summed E-state index contributed by atoms with van der Waals surface area (Å²) in [6.45, 7) is 7.40. The van der Waals surface area contributed by atoms with Gasteiger partial charge in [0.1, 0.15) is 5.69 Å². The summed E-state index contributed by atoms with van der Waals surface area (Å²) in [5.41, 5.74) is 1.46. The van der Waals surface area contributed by atoms with E-state index in [9.17, 15) is 4.79 Å². The van der Waals surface area contributed by atoms with Crippen LogP contribution in [0.4, 0.5) is 5.69 Å². The Labute approximate surface area is 115 Å². The molecular weight excluding hydrogens is 238 g/mol. The summed E-state index contributed by atoms with van der Waals surface area (Å²) in [7, 11) is 1.84. The molecule has 3 unspecified atom stereocenters. The summed E-state index contributed by atoms with van der Waals surface area (Å²) in [5.74, 6) is 1.16. The van der Waals surface area contributed by atoms with Crippen molar-refractivity contribution >= 4 is 11.6 Å². The minimum Gasteiger partial charge on any atom is -0.387 e. The molecule has 3 atom stereocenters. The summed E-state index contributed by atoms with van der Waals surface area (Å²) >= 11 is 0. The molecule has 0 spiro atoms. The van der Waals surface area contributed by atoms with E-state index in [1.54, 1.807) is 12.3 Å². The third kappa shape index (κ3) is 2.88. The number of rotatable bonds is 2. The molecule has 4 heteroatoms. The van der Waals surface area contributed by atoms with Crippen LogP contribution in [0.2, 0.25) is 0 Å². The Morgan fingerprint density at radius 3 is 2.68 bits per heavy atom. The maximum Gasteiger partial charge on any atom is 0.272 e. The predicted molar refractivity (Wildman–Crippen MR) is 77.2 cm³/mol. The monoisotopic (exact) mass is 261 g/mol. The van der Waals surface area contributed by atoms with Gasteiger partial charge in [-0.15, -0.1) is 0 Å². The first kappa shape index (κ1) is 13.8. The number of carbonyl (C=O) groups is 1. The van der Waals surface area contributed by atoms with Crippen LogP contribution in [0.15, 0.2) is 18.3 Å². The lowest BCUT2D eigenvalue weighted by atomic mass is 9.86. The first-order valence-corrected chi connectivity index (χ1v) is 6.97. The average molecular weight is 261 g/mol. The fourth-order valence-electron chi connectivity index (χ4n) is 2.80. The molecule has 1 aliphatic rings. The standard InChI is InChI=1S/C15H23N3O/c1-10-7-11(2)12(3)18(9-10)15(19)14-6-5-13(16-4)8-17-14/h5-6,8,10-12,16H,7,9H2,1-4H3. The van der Waals surface area contributed by atoms with Gasteiger partial charge < -0.3 is 10.2 Å². The summed E-state index contributed by atoms with van der Waals surface area (Å²) in [6, 6.07) is 3.97. The molecule has 1 N–H and O–H groups in total. The van der Waals surface area contributed by atoms with Gasteiger partial charge in [-0.05, 0) is 37.3 Å². The van der Waals surface area contributed by atoms with Crippen LogP contribution in [0.25, 0.3) is 0 Å². The lowest BCUT2D eigenvalue weighted by molar-refractivity contribution is 0.0450. The lowest BCUT2D eigenvalue weighted by Gasteiger charge is -2.40. The van der Waals surface area contributed by atoms with E-state index < -0.39 is 0 Å². The first-order valence-electron chi connectivity index (χ1n) is 6.97. The van der Waals surface area contributed by atoms with Gasteiger partial charge in [-0.25, -0.2) is 4.98 Å². The number of pyridine rings is 1. The molecule has 0 saturated carbocycles. The highest BCUT2D eigenvalue weighted by Gasteiger charge is 2.32. The fraction of sp³-hybridized carbons (Fsp3) is 0.600. The van der Waals surface area contributed by atoms with E-state index in [1.807, 2.05) is 18.0 Å².